The Hall–Kier alpha value is -3.33. The minimum Gasteiger partial charge on any atom is -0.457 e. The second-order valence-electron chi connectivity index (χ2n) is 10.2. The van der Waals surface area contributed by atoms with Crippen molar-refractivity contribution in [3.05, 3.63) is 120 Å². The zero-order valence-electron chi connectivity index (χ0n) is 23.8. The van der Waals surface area contributed by atoms with Crippen molar-refractivity contribution in [3.8, 4) is 0 Å². The van der Waals surface area contributed by atoms with Gasteiger partial charge in [0.2, 0.25) is 0 Å². The highest BCUT2D eigenvalue weighted by Crippen LogP contribution is 2.31. The first-order valence-corrected chi connectivity index (χ1v) is 14.0. The zero-order chi connectivity index (χ0) is 28.9. The lowest BCUT2D eigenvalue weighted by Crippen LogP contribution is -2.62. The van der Waals surface area contributed by atoms with Crippen molar-refractivity contribution in [2.24, 2.45) is 5.92 Å². The molecule has 1 aliphatic heterocycles. The Kier molecular flexibility index (Phi) is 12.1. The van der Waals surface area contributed by atoms with Crippen LogP contribution < -0.4 is 0 Å². The fraction of sp³-hybridized carbons (Fsp3) is 0.382. The van der Waals surface area contributed by atoms with Crippen LogP contribution in [-0.4, -0.2) is 50.4 Å². The number of rotatable bonds is 15. The molecule has 1 fully saturated rings. The Morgan fingerprint density at radius 3 is 1.83 bits per heavy atom. The molecule has 0 radical (unpaired) electrons. The Bertz CT molecular complexity index is 1170. The monoisotopic (exact) mass is 560 g/mol. The predicted molar refractivity (Wildman–Crippen MR) is 156 cm³/mol. The number of ether oxygens (including phenoxy) is 6. The quantitative estimate of drug-likeness (QED) is 0.170. The van der Waals surface area contributed by atoms with E-state index in [0.29, 0.717) is 19.8 Å². The van der Waals surface area contributed by atoms with Crippen LogP contribution in [0.3, 0.4) is 0 Å². The maximum absolute atomic E-state index is 13.1. The van der Waals surface area contributed by atoms with E-state index in [-0.39, 0.29) is 24.9 Å². The minimum atomic E-state index is -0.800. The van der Waals surface area contributed by atoms with Gasteiger partial charge in [0.05, 0.1) is 32.8 Å². The van der Waals surface area contributed by atoms with Crippen LogP contribution in [-0.2, 0) is 53.0 Å². The van der Waals surface area contributed by atoms with Gasteiger partial charge in [-0.1, -0.05) is 104 Å². The molecule has 0 aromatic heterocycles. The summed E-state index contributed by atoms with van der Waals surface area (Å²) in [5, 5.41) is 0. The van der Waals surface area contributed by atoms with E-state index in [4.69, 9.17) is 28.4 Å². The van der Waals surface area contributed by atoms with Gasteiger partial charge in [0.25, 0.3) is 0 Å². The second-order valence-corrected chi connectivity index (χ2v) is 10.2. The maximum atomic E-state index is 13.1. The van der Waals surface area contributed by atoms with E-state index in [0.717, 1.165) is 16.7 Å². The van der Waals surface area contributed by atoms with Crippen molar-refractivity contribution in [2.75, 3.05) is 13.7 Å². The highest BCUT2D eigenvalue weighted by atomic mass is 16.7. The van der Waals surface area contributed by atoms with Crippen molar-refractivity contribution < 1.29 is 33.2 Å². The smallest absolute Gasteiger partial charge is 0.306 e. The molecule has 7 heteroatoms. The van der Waals surface area contributed by atoms with Gasteiger partial charge in [-0.3, -0.25) is 4.79 Å². The van der Waals surface area contributed by atoms with E-state index in [9.17, 15) is 4.79 Å². The van der Waals surface area contributed by atoms with Crippen LogP contribution in [0.5, 0.6) is 0 Å². The van der Waals surface area contributed by atoms with E-state index in [1.165, 1.54) is 0 Å². The van der Waals surface area contributed by atoms with Crippen molar-refractivity contribution in [1.82, 2.24) is 0 Å². The Morgan fingerprint density at radius 2 is 1.32 bits per heavy atom. The average Bonchev–Trinajstić information content (AvgIpc) is 3.01. The number of benzene rings is 3. The molecule has 0 aliphatic carbocycles. The third-order valence-electron chi connectivity index (χ3n) is 6.95. The van der Waals surface area contributed by atoms with Gasteiger partial charge in [-0.2, -0.15) is 0 Å². The zero-order valence-corrected chi connectivity index (χ0v) is 23.8. The summed E-state index contributed by atoms with van der Waals surface area (Å²) in [4.78, 5) is 13.1. The molecular weight excluding hydrogens is 520 g/mol. The maximum Gasteiger partial charge on any atom is 0.306 e. The normalized spacial score (nSPS) is 23.0. The van der Waals surface area contributed by atoms with Crippen LogP contribution in [0.2, 0.25) is 0 Å². The number of esters is 1. The molecule has 0 saturated carbocycles. The molecule has 3 aromatic rings. The Balaban J connectivity index is 1.58. The molecule has 0 bridgehead atoms. The Labute approximate surface area is 243 Å². The molecule has 6 atom stereocenters. The fourth-order valence-electron chi connectivity index (χ4n) is 4.66. The van der Waals surface area contributed by atoms with Crippen LogP contribution in [0.1, 0.15) is 30.0 Å². The number of hydrogen-bond acceptors (Lipinski definition) is 7. The first-order valence-electron chi connectivity index (χ1n) is 14.0. The molecule has 4 rings (SSSR count). The van der Waals surface area contributed by atoms with Gasteiger partial charge < -0.3 is 28.4 Å². The average molecular weight is 561 g/mol. The predicted octanol–water partition coefficient (Wildman–Crippen LogP) is 5.87. The molecule has 7 nitrogen and oxygen atoms in total. The van der Waals surface area contributed by atoms with Crippen molar-refractivity contribution in [2.45, 2.75) is 63.9 Å². The molecule has 0 spiro atoms. The van der Waals surface area contributed by atoms with Gasteiger partial charge in [0.1, 0.15) is 18.3 Å². The molecule has 1 saturated heterocycles. The molecule has 0 unspecified atom stereocenters. The van der Waals surface area contributed by atoms with E-state index in [1.54, 1.807) is 13.2 Å². The number of carbonyl (C=O) groups is 1. The number of hydrogen-bond donors (Lipinski definition) is 0. The lowest BCUT2D eigenvalue weighted by atomic mass is 9.97. The van der Waals surface area contributed by atoms with Crippen molar-refractivity contribution in [3.63, 3.8) is 0 Å². The SMILES string of the molecule is C=C[C@H](C)CC(=O)O[C@H]1[C@H](OCc2ccccc2)[C@@H](OCc2ccccc2)[C@@H](OC)O[C@@H]1COCc1ccccc1. The molecule has 3 aromatic carbocycles. The molecule has 41 heavy (non-hydrogen) atoms. The van der Waals surface area contributed by atoms with Crippen molar-refractivity contribution in [1.29, 1.82) is 0 Å². The molecule has 1 aliphatic rings. The summed E-state index contributed by atoms with van der Waals surface area (Å²) in [6, 6.07) is 29.6. The van der Waals surface area contributed by atoms with Gasteiger partial charge in [-0.15, -0.1) is 6.58 Å². The lowest BCUT2D eigenvalue weighted by Gasteiger charge is -2.45. The first kappa shape index (κ1) is 30.6. The van der Waals surface area contributed by atoms with Crippen LogP contribution in [0.25, 0.3) is 0 Å². The molecule has 218 valence electrons. The van der Waals surface area contributed by atoms with Gasteiger partial charge >= 0.3 is 5.97 Å². The standard InChI is InChI=1S/C34H40O7/c1-4-25(2)20-30(35)41-31-29(24-37-21-26-14-8-5-9-15-26)40-34(36-3)33(39-23-28-18-12-7-13-19-28)32(31)38-22-27-16-10-6-11-17-27/h4-19,25,29,31-34H,1,20-24H2,2-3H3/t25-,29+,31+,32-,33+,34-/m0/s1. The summed E-state index contributed by atoms with van der Waals surface area (Å²) in [5.41, 5.74) is 3.00. The number of carbonyl (C=O) groups excluding carboxylic acids is 1. The molecular formula is C34H40O7. The van der Waals surface area contributed by atoms with Crippen LogP contribution in [0.15, 0.2) is 104 Å². The summed E-state index contributed by atoms with van der Waals surface area (Å²) < 4.78 is 37.2. The molecule has 0 amide bonds. The van der Waals surface area contributed by atoms with E-state index < -0.39 is 30.7 Å². The summed E-state index contributed by atoms with van der Waals surface area (Å²) in [5.74, 6) is -0.412. The highest BCUT2D eigenvalue weighted by molar-refractivity contribution is 5.70. The van der Waals surface area contributed by atoms with Crippen LogP contribution >= 0.6 is 0 Å². The Morgan fingerprint density at radius 1 is 0.805 bits per heavy atom. The summed E-state index contributed by atoms with van der Waals surface area (Å²) in [6.07, 6.45) is -1.67. The van der Waals surface area contributed by atoms with Crippen molar-refractivity contribution >= 4 is 5.97 Å². The van der Waals surface area contributed by atoms with Gasteiger partial charge in [0, 0.05) is 7.11 Å². The highest BCUT2D eigenvalue weighted by Gasteiger charge is 2.50. The number of allylic oxidation sites excluding steroid dienone is 1. The fourth-order valence-corrected chi connectivity index (χ4v) is 4.66. The van der Waals surface area contributed by atoms with E-state index in [2.05, 4.69) is 6.58 Å². The summed E-state index contributed by atoms with van der Waals surface area (Å²) >= 11 is 0. The van der Waals surface area contributed by atoms with Crippen LogP contribution in [0, 0.1) is 5.92 Å². The molecule has 1 heterocycles. The second kappa shape index (κ2) is 16.2. The summed E-state index contributed by atoms with van der Waals surface area (Å²) in [7, 11) is 1.57. The van der Waals surface area contributed by atoms with E-state index in [1.807, 2.05) is 97.9 Å². The third kappa shape index (κ3) is 9.35. The van der Waals surface area contributed by atoms with Gasteiger partial charge in [-0.25, -0.2) is 0 Å². The topological polar surface area (TPSA) is 72.5 Å². The van der Waals surface area contributed by atoms with Gasteiger partial charge in [-0.05, 0) is 22.6 Å². The molecule has 0 N–H and O–H groups in total. The third-order valence-corrected chi connectivity index (χ3v) is 6.95. The van der Waals surface area contributed by atoms with Gasteiger partial charge in [0.15, 0.2) is 12.4 Å². The van der Waals surface area contributed by atoms with E-state index >= 15 is 0 Å². The largest absolute Gasteiger partial charge is 0.457 e. The summed E-state index contributed by atoms with van der Waals surface area (Å²) in [6.45, 7) is 6.87. The lowest BCUT2D eigenvalue weighted by molar-refractivity contribution is -0.317. The minimum absolute atomic E-state index is 0.0414. The van der Waals surface area contributed by atoms with Crippen LogP contribution in [0.4, 0.5) is 0 Å². The number of methoxy groups -OCH3 is 1. The first-order chi connectivity index (χ1) is 20.1.